The van der Waals surface area contributed by atoms with Crippen LogP contribution < -0.4 is 5.73 Å². The van der Waals surface area contributed by atoms with Gasteiger partial charge in [-0.25, -0.2) is 4.68 Å². The van der Waals surface area contributed by atoms with Gasteiger partial charge in [-0.2, -0.15) is 5.10 Å². The Kier molecular flexibility index (Phi) is 2.95. The maximum Gasteiger partial charge on any atom is 0.125 e. The molecule has 1 aliphatic rings. The van der Waals surface area contributed by atoms with Crippen LogP contribution in [0.1, 0.15) is 37.3 Å². The molecule has 4 heteroatoms. The van der Waals surface area contributed by atoms with Crippen LogP contribution in [0.25, 0.3) is 0 Å². The molecule has 0 amide bonds. The maximum atomic E-state index is 6.00. The van der Waals surface area contributed by atoms with E-state index in [1.807, 2.05) is 17.8 Å². The molecule has 0 saturated heterocycles. The highest BCUT2D eigenvalue weighted by molar-refractivity contribution is 5.37. The van der Waals surface area contributed by atoms with Crippen LogP contribution >= 0.6 is 0 Å². The molecule has 1 fully saturated rings. The summed E-state index contributed by atoms with van der Waals surface area (Å²) in [5, 5.41) is 4.35. The Hall–Kier alpha value is -1.03. The second-order valence-electron chi connectivity index (χ2n) is 4.28. The zero-order valence-corrected chi connectivity index (χ0v) is 9.44. The fourth-order valence-electron chi connectivity index (χ4n) is 2.35. The van der Waals surface area contributed by atoms with E-state index in [0.717, 1.165) is 24.2 Å². The second-order valence-corrected chi connectivity index (χ2v) is 4.28. The van der Waals surface area contributed by atoms with E-state index in [2.05, 4.69) is 5.10 Å². The fraction of sp³-hybridized carbons (Fsp3) is 0.727. The van der Waals surface area contributed by atoms with Crippen LogP contribution in [0.4, 0.5) is 5.82 Å². The monoisotopic (exact) mass is 209 g/mol. The van der Waals surface area contributed by atoms with Crippen LogP contribution in [0.3, 0.4) is 0 Å². The number of nitrogens with two attached hydrogens (primary N) is 1. The zero-order chi connectivity index (χ0) is 10.8. The first-order chi connectivity index (χ1) is 7.24. The Morgan fingerprint density at radius 1 is 1.47 bits per heavy atom. The molecule has 2 rings (SSSR count). The highest BCUT2D eigenvalue weighted by Gasteiger charge is 2.28. The van der Waals surface area contributed by atoms with E-state index in [4.69, 9.17) is 10.5 Å². The standard InChI is InChI=1S/C11H19N3O/c1-8-7-13-14(11(8)12)9-5-3-4-6-10(9)15-2/h7,9-10H,3-6,12H2,1-2H3. The van der Waals surface area contributed by atoms with Crippen LogP contribution in [0.5, 0.6) is 0 Å². The summed E-state index contributed by atoms with van der Waals surface area (Å²) in [4.78, 5) is 0. The van der Waals surface area contributed by atoms with Gasteiger partial charge in [-0.05, 0) is 19.8 Å². The summed E-state index contributed by atoms with van der Waals surface area (Å²) < 4.78 is 7.44. The largest absolute Gasteiger partial charge is 0.384 e. The number of aromatic nitrogens is 2. The van der Waals surface area contributed by atoms with Crippen LogP contribution in [-0.4, -0.2) is 23.0 Å². The van der Waals surface area contributed by atoms with Crippen molar-refractivity contribution >= 4 is 5.82 Å². The number of rotatable bonds is 2. The second kappa shape index (κ2) is 4.23. The number of methoxy groups -OCH3 is 1. The predicted molar refractivity (Wildman–Crippen MR) is 59.7 cm³/mol. The summed E-state index contributed by atoms with van der Waals surface area (Å²) in [6.07, 6.45) is 6.80. The molecule has 2 atom stereocenters. The van der Waals surface area contributed by atoms with Crippen molar-refractivity contribution in [3.8, 4) is 0 Å². The van der Waals surface area contributed by atoms with Gasteiger partial charge in [-0.3, -0.25) is 0 Å². The van der Waals surface area contributed by atoms with E-state index in [-0.39, 0.29) is 6.10 Å². The van der Waals surface area contributed by atoms with Crippen molar-refractivity contribution in [1.82, 2.24) is 9.78 Å². The molecule has 1 aliphatic carbocycles. The van der Waals surface area contributed by atoms with Gasteiger partial charge in [0.25, 0.3) is 0 Å². The van der Waals surface area contributed by atoms with Crippen molar-refractivity contribution in [3.05, 3.63) is 11.8 Å². The minimum atomic E-state index is 0.264. The molecule has 1 aromatic rings. The topological polar surface area (TPSA) is 53.1 Å². The number of anilines is 1. The van der Waals surface area contributed by atoms with E-state index in [1.165, 1.54) is 12.8 Å². The SMILES string of the molecule is COC1CCCCC1n1ncc(C)c1N. The summed E-state index contributed by atoms with van der Waals surface area (Å²) in [5.74, 6) is 0.781. The van der Waals surface area contributed by atoms with Crippen molar-refractivity contribution in [2.45, 2.75) is 44.8 Å². The Balaban J connectivity index is 2.24. The first-order valence-electron chi connectivity index (χ1n) is 5.56. The molecule has 2 unspecified atom stereocenters. The lowest BCUT2D eigenvalue weighted by Gasteiger charge is -2.31. The van der Waals surface area contributed by atoms with E-state index < -0.39 is 0 Å². The van der Waals surface area contributed by atoms with Crippen LogP contribution in [0, 0.1) is 6.92 Å². The van der Waals surface area contributed by atoms with Gasteiger partial charge < -0.3 is 10.5 Å². The maximum absolute atomic E-state index is 6.00. The third kappa shape index (κ3) is 1.86. The number of hydrogen-bond acceptors (Lipinski definition) is 3. The van der Waals surface area contributed by atoms with Crippen molar-refractivity contribution in [3.63, 3.8) is 0 Å². The first-order valence-corrected chi connectivity index (χ1v) is 5.56. The molecule has 1 aromatic heterocycles. The van der Waals surface area contributed by atoms with Gasteiger partial charge in [0.15, 0.2) is 0 Å². The molecule has 0 aliphatic heterocycles. The van der Waals surface area contributed by atoms with Gasteiger partial charge in [-0.15, -0.1) is 0 Å². The summed E-state index contributed by atoms with van der Waals surface area (Å²) in [6.45, 7) is 1.99. The van der Waals surface area contributed by atoms with E-state index >= 15 is 0 Å². The van der Waals surface area contributed by atoms with Crippen LogP contribution in [0.15, 0.2) is 6.20 Å². The quantitative estimate of drug-likeness (QED) is 0.809. The lowest BCUT2D eigenvalue weighted by atomic mass is 9.92. The summed E-state index contributed by atoms with van der Waals surface area (Å²) in [6, 6.07) is 0.317. The number of aryl methyl sites for hydroxylation is 1. The molecule has 0 radical (unpaired) electrons. The summed E-state index contributed by atoms with van der Waals surface area (Å²) in [7, 11) is 1.77. The van der Waals surface area contributed by atoms with Crippen LogP contribution in [0.2, 0.25) is 0 Å². The van der Waals surface area contributed by atoms with Crippen LogP contribution in [-0.2, 0) is 4.74 Å². The molecular formula is C11H19N3O. The third-order valence-electron chi connectivity index (χ3n) is 3.31. The Morgan fingerprint density at radius 2 is 2.20 bits per heavy atom. The minimum absolute atomic E-state index is 0.264. The van der Waals surface area contributed by atoms with E-state index in [0.29, 0.717) is 6.04 Å². The molecular weight excluding hydrogens is 190 g/mol. The number of ether oxygens (including phenoxy) is 1. The molecule has 4 nitrogen and oxygen atoms in total. The lowest BCUT2D eigenvalue weighted by molar-refractivity contribution is 0.0254. The van der Waals surface area contributed by atoms with Gasteiger partial charge in [0.1, 0.15) is 5.82 Å². The summed E-state index contributed by atoms with van der Waals surface area (Å²) in [5.41, 5.74) is 7.05. The molecule has 0 bridgehead atoms. The molecule has 2 N–H and O–H groups in total. The summed E-state index contributed by atoms with van der Waals surface area (Å²) >= 11 is 0. The predicted octanol–water partition coefficient (Wildman–Crippen LogP) is 1.90. The Morgan fingerprint density at radius 3 is 2.80 bits per heavy atom. The first kappa shape index (κ1) is 10.5. The van der Waals surface area contributed by atoms with Gasteiger partial charge in [0, 0.05) is 12.7 Å². The zero-order valence-electron chi connectivity index (χ0n) is 9.44. The average Bonchev–Trinajstić information content (AvgIpc) is 2.60. The van der Waals surface area contributed by atoms with Gasteiger partial charge in [0.05, 0.1) is 18.3 Å². The minimum Gasteiger partial charge on any atom is -0.384 e. The lowest BCUT2D eigenvalue weighted by Crippen LogP contribution is -2.30. The van der Waals surface area contributed by atoms with Gasteiger partial charge in [-0.1, -0.05) is 12.8 Å². The van der Waals surface area contributed by atoms with Crippen molar-refractivity contribution in [2.24, 2.45) is 0 Å². The average molecular weight is 209 g/mol. The highest BCUT2D eigenvalue weighted by Crippen LogP contribution is 2.32. The Bertz CT molecular complexity index is 335. The number of hydrogen-bond donors (Lipinski definition) is 1. The number of nitrogens with zero attached hydrogens (tertiary/aromatic N) is 2. The molecule has 15 heavy (non-hydrogen) atoms. The van der Waals surface area contributed by atoms with Gasteiger partial charge in [0.2, 0.25) is 0 Å². The van der Waals surface area contributed by atoms with Crippen molar-refractivity contribution in [1.29, 1.82) is 0 Å². The molecule has 1 heterocycles. The van der Waals surface area contributed by atoms with E-state index in [1.54, 1.807) is 7.11 Å². The molecule has 0 spiro atoms. The number of nitrogen functional groups attached to an aromatic ring is 1. The Labute approximate surface area is 90.4 Å². The fourth-order valence-corrected chi connectivity index (χ4v) is 2.35. The van der Waals surface area contributed by atoms with Crippen molar-refractivity contribution < 1.29 is 4.74 Å². The van der Waals surface area contributed by atoms with E-state index in [9.17, 15) is 0 Å². The smallest absolute Gasteiger partial charge is 0.125 e. The highest BCUT2D eigenvalue weighted by atomic mass is 16.5. The van der Waals surface area contributed by atoms with Crippen molar-refractivity contribution in [2.75, 3.05) is 12.8 Å². The third-order valence-corrected chi connectivity index (χ3v) is 3.31. The normalized spacial score (nSPS) is 26.8. The molecule has 84 valence electrons. The molecule has 1 saturated carbocycles. The molecule has 0 aromatic carbocycles. The van der Waals surface area contributed by atoms with Gasteiger partial charge >= 0.3 is 0 Å².